The highest BCUT2D eigenvalue weighted by Gasteiger charge is 2.09. The number of rotatable bonds is 7. The fourth-order valence-corrected chi connectivity index (χ4v) is 1.47. The van der Waals surface area contributed by atoms with Gasteiger partial charge in [0.2, 0.25) is 0 Å². The van der Waals surface area contributed by atoms with E-state index in [4.69, 9.17) is 0 Å². The molecule has 0 saturated carbocycles. The van der Waals surface area contributed by atoms with Crippen molar-refractivity contribution >= 4 is 0 Å². The van der Waals surface area contributed by atoms with Crippen molar-refractivity contribution in [2.75, 3.05) is 6.54 Å². The Morgan fingerprint density at radius 1 is 1.21 bits per heavy atom. The van der Waals surface area contributed by atoms with Gasteiger partial charge in [-0.05, 0) is 24.2 Å². The molecule has 14 heavy (non-hydrogen) atoms. The van der Waals surface area contributed by atoms with E-state index in [0.717, 1.165) is 18.4 Å². The summed E-state index contributed by atoms with van der Waals surface area (Å²) in [5, 5.41) is 3.44. The van der Waals surface area contributed by atoms with Crippen LogP contribution in [0.3, 0.4) is 0 Å². The number of allylic oxidation sites excluding steroid dienone is 1. The summed E-state index contributed by atoms with van der Waals surface area (Å²) in [4.78, 5) is 0. The van der Waals surface area contributed by atoms with Crippen LogP contribution < -0.4 is 5.32 Å². The van der Waals surface area contributed by atoms with E-state index < -0.39 is 0 Å². The first-order valence-electron chi connectivity index (χ1n) is 5.90. The van der Waals surface area contributed by atoms with Crippen LogP contribution in [0, 0.1) is 17.8 Å². The van der Waals surface area contributed by atoms with Gasteiger partial charge in [-0.15, -0.1) is 0 Å². The Bertz CT molecular complexity index is 161. The van der Waals surface area contributed by atoms with E-state index >= 15 is 0 Å². The van der Waals surface area contributed by atoms with Crippen molar-refractivity contribution in [2.24, 2.45) is 17.8 Å². The van der Waals surface area contributed by atoms with E-state index in [2.05, 4.69) is 46.5 Å². The Hall–Kier alpha value is -0.460. The molecule has 0 aromatic rings. The summed E-state index contributed by atoms with van der Waals surface area (Å²) in [6.45, 7) is 16.5. The van der Waals surface area contributed by atoms with Crippen LogP contribution in [0.1, 0.15) is 47.5 Å². The fraction of sp³-hybridized carbons (Fsp3) is 0.846. The Balaban J connectivity index is 3.73. The summed E-state index contributed by atoms with van der Waals surface area (Å²) < 4.78 is 0. The zero-order chi connectivity index (χ0) is 11.1. The highest BCUT2D eigenvalue weighted by molar-refractivity contribution is 4.96. The maximum atomic E-state index is 4.10. The van der Waals surface area contributed by atoms with Gasteiger partial charge in [0.15, 0.2) is 0 Å². The molecular weight excluding hydrogens is 170 g/mol. The largest absolute Gasteiger partial charge is 0.388 e. The van der Waals surface area contributed by atoms with Gasteiger partial charge in [-0.2, -0.15) is 0 Å². The van der Waals surface area contributed by atoms with Gasteiger partial charge >= 0.3 is 0 Å². The van der Waals surface area contributed by atoms with Crippen LogP contribution >= 0.6 is 0 Å². The van der Waals surface area contributed by atoms with Crippen molar-refractivity contribution in [2.45, 2.75) is 47.5 Å². The maximum Gasteiger partial charge on any atom is 0.0169 e. The molecule has 1 N–H and O–H groups in total. The highest BCUT2D eigenvalue weighted by Crippen LogP contribution is 2.16. The topological polar surface area (TPSA) is 12.0 Å². The van der Waals surface area contributed by atoms with Gasteiger partial charge in [0.25, 0.3) is 0 Å². The molecule has 0 spiro atoms. The third-order valence-corrected chi connectivity index (χ3v) is 2.79. The lowest BCUT2D eigenvalue weighted by Gasteiger charge is -2.20. The number of hydrogen-bond donors (Lipinski definition) is 1. The van der Waals surface area contributed by atoms with Crippen LogP contribution in [-0.4, -0.2) is 6.54 Å². The summed E-state index contributed by atoms with van der Waals surface area (Å²) in [5.41, 5.74) is 1.21. The average Bonchev–Trinajstić information content (AvgIpc) is 2.12. The lowest BCUT2D eigenvalue weighted by molar-refractivity contribution is 0.446. The minimum absolute atomic E-state index is 0.596. The van der Waals surface area contributed by atoms with E-state index in [0.29, 0.717) is 5.92 Å². The number of hydrogen-bond acceptors (Lipinski definition) is 1. The summed E-state index contributed by atoms with van der Waals surface area (Å²) in [5.74, 6) is 2.10. The molecule has 1 nitrogen and oxygen atoms in total. The third kappa shape index (κ3) is 6.06. The van der Waals surface area contributed by atoms with Crippen LogP contribution in [0.4, 0.5) is 0 Å². The van der Waals surface area contributed by atoms with E-state index in [9.17, 15) is 0 Å². The van der Waals surface area contributed by atoms with Gasteiger partial charge in [-0.1, -0.05) is 47.6 Å². The molecule has 0 aromatic carbocycles. The second kappa shape index (κ2) is 6.92. The zero-order valence-electron chi connectivity index (χ0n) is 10.6. The molecule has 0 aromatic heterocycles. The lowest BCUT2D eigenvalue weighted by atomic mass is 9.96. The third-order valence-electron chi connectivity index (χ3n) is 2.79. The Labute approximate surface area is 90.0 Å². The smallest absolute Gasteiger partial charge is 0.0169 e. The zero-order valence-corrected chi connectivity index (χ0v) is 10.6. The second-order valence-electron chi connectivity index (χ2n) is 4.95. The van der Waals surface area contributed by atoms with Crippen molar-refractivity contribution in [1.82, 2.24) is 5.32 Å². The van der Waals surface area contributed by atoms with Crippen molar-refractivity contribution in [3.63, 3.8) is 0 Å². The summed E-state index contributed by atoms with van der Waals surface area (Å²) in [6, 6.07) is 0. The Morgan fingerprint density at radius 3 is 2.21 bits per heavy atom. The molecule has 84 valence electrons. The van der Waals surface area contributed by atoms with E-state index in [1.165, 1.54) is 18.5 Å². The quantitative estimate of drug-likeness (QED) is 0.654. The molecule has 0 fully saturated rings. The molecule has 0 aliphatic carbocycles. The van der Waals surface area contributed by atoms with Crippen molar-refractivity contribution in [3.8, 4) is 0 Å². The van der Waals surface area contributed by atoms with Crippen LogP contribution in [-0.2, 0) is 0 Å². The maximum absolute atomic E-state index is 4.10. The van der Waals surface area contributed by atoms with Crippen LogP contribution in [0.15, 0.2) is 12.3 Å². The normalized spacial score (nSPS) is 15.3. The Kier molecular flexibility index (Phi) is 6.69. The Morgan fingerprint density at radius 2 is 1.79 bits per heavy atom. The molecule has 0 bridgehead atoms. The van der Waals surface area contributed by atoms with Gasteiger partial charge < -0.3 is 5.32 Å². The van der Waals surface area contributed by atoms with Crippen molar-refractivity contribution < 1.29 is 0 Å². The predicted molar refractivity (Wildman–Crippen MR) is 65.2 cm³/mol. The molecular formula is C13H27N. The predicted octanol–water partition coefficient (Wildman–Crippen LogP) is 3.82. The highest BCUT2D eigenvalue weighted by atomic mass is 14.9. The molecule has 0 rings (SSSR count). The van der Waals surface area contributed by atoms with Gasteiger partial charge in [-0.3, -0.25) is 0 Å². The first-order chi connectivity index (χ1) is 6.47. The fourth-order valence-electron chi connectivity index (χ4n) is 1.47. The summed E-state index contributed by atoms with van der Waals surface area (Å²) >= 11 is 0. The molecule has 0 heterocycles. The molecule has 0 aliphatic rings. The monoisotopic (exact) mass is 197 g/mol. The van der Waals surface area contributed by atoms with E-state index in [1.807, 2.05) is 0 Å². The molecule has 0 saturated heterocycles. The molecule has 0 aliphatic heterocycles. The van der Waals surface area contributed by atoms with Crippen molar-refractivity contribution in [3.05, 3.63) is 12.3 Å². The van der Waals surface area contributed by atoms with Crippen molar-refractivity contribution in [1.29, 1.82) is 0 Å². The van der Waals surface area contributed by atoms with Gasteiger partial charge in [0.05, 0.1) is 0 Å². The minimum atomic E-state index is 0.596. The van der Waals surface area contributed by atoms with E-state index in [-0.39, 0.29) is 0 Å². The van der Waals surface area contributed by atoms with Gasteiger partial charge in [-0.25, -0.2) is 0 Å². The molecule has 1 heteroatoms. The summed E-state index contributed by atoms with van der Waals surface area (Å²) in [6.07, 6.45) is 2.46. The standard InChI is InChI=1S/C13H27N/c1-7-11(4)9-14-13(6)12(5)8-10(2)3/h10-12,14H,6-9H2,1-5H3. The minimum Gasteiger partial charge on any atom is -0.388 e. The van der Waals surface area contributed by atoms with Crippen LogP contribution in [0.25, 0.3) is 0 Å². The average molecular weight is 197 g/mol. The molecule has 2 unspecified atom stereocenters. The first-order valence-corrected chi connectivity index (χ1v) is 5.90. The first kappa shape index (κ1) is 13.5. The van der Waals surface area contributed by atoms with Crippen LogP contribution in [0.2, 0.25) is 0 Å². The molecule has 0 radical (unpaired) electrons. The van der Waals surface area contributed by atoms with Crippen LogP contribution in [0.5, 0.6) is 0 Å². The second-order valence-corrected chi connectivity index (χ2v) is 4.95. The van der Waals surface area contributed by atoms with Gasteiger partial charge in [0.1, 0.15) is 0 Å². The van der Waals surface area contributed by atoms with Gasteiger partial charge in [0, 0.05) is 12.2 Å². The SMILES string of the molecule is C=C(NCC(C)CC)C(C)CC(C)C. The molecule has 2 atom stereocenters. The number of nitrogens with one attached hydrogen (secondary N) is 1. The van der Waals surface area contributed by atoms with E-state index in [1.54, 1.807) is 0 Å². The lowest BCUT2D eigenvalue weighted by Crippen LogP contribution is -2.23. The summed E-state index contributed by atoms with van der Waals surface area (Å²) in [7, 11) is 0. The molecule has 0 amide bonds.